The summed E-state index contributed by atoms with van der Waals surface area (Å²) in [6.45, 7) is 3.77. The molecular weight excluding hydrogens is 506 g/mol. The van der Waals surface area contributed by atoms with Crippen LogP contribution in [0.3, 0.4) is 0 Å². The van der Waals surface area contributed by atoms with Crippen LogP contribution < -0.4 is 9.47 Å². The van der Waals surface area contributed by atoms with E-state index in [1.165, 1.54) is 0 Å². The van der Waals surface area contributed by atoms with E-state index in [1.807, 2.05) is 91.0 Å². The molecule has 0 amide bonds. The number of nitrogens with zero attached hydrogens (tertiary/aromatic N) is 1. The summed E-state index contributed by atoms with van der Waals surface area (Å²) in [6.07, 6.45) is 1.20. The summed E-state index contributed by atoms with van der Waals surface area (Å²) in [5.74, 6) is 1.08. The van der Waals surface area contributed by atoms with Gasteiger partial charge in [0.25, 0.3) is 0 Å². The first-order chi connectivity index (χ1) is 18.9. The molecule has 0 spiro atoms. The van der Waals surface area contributed by atoms with Crippen LogP contribution >= 0.6 is 11.6 Å². The van der Waals surface area contributed by atoms with Gasteiger partial charge in [-0.2, -0.15) is 0 Å². The van der Waals surface area contributed by atoms with E-state index in [0.29, 0.717) is 17.4 Å². The summed E-state index contributed by atoms with van der Waals surface area (Å²) in [7, 11) is 4.12. The molecule has 0 aliphatic carbocycles. The molecule has 39 heavy (non-hydrogen) atoms. The Morgan fingerprint density at radius 3 is 1.90 bits per heavy atom. The molecule has 0 radical (unpaired) electrons. The highest BCUT2D eigenvalue weighted by atomic mass is 35.5. The summed E-state index contributed by atoms with van der Waals surface area (Å²) >= 11 is 6.15. The number of benzene rings is 4. The Morgan fingerprint density at radius 1 is 0.744 bits per heavy atom. The van der Waals surface area contributed by atoms with Crippen molar-refractivity contribution in [3.8, 4) is 11.5 Å². The molecule has 0 aromatic heterocycles. The van der Waals surface area contributed by atoms with Gasteiger partial charge in [-0.05, 0) is 97.2 Å². The lowest BCUT2D eigenvalue weighted by Crippen LogP contribution is -2.15. The maximum atomic E-state index is 12.4. The molecular formula is C34H34ClNO3. The van der Waals surface area contributed by atoms with Crippen molar-refractivity contribution >= 4 is 28.7 Å². The van der Waals surface area contributed by atoms with E-state index < -0.39 is 0 Å². The molecule has 0 saturated carbocycles. The van der Waals surface area contributed by atoms with Gasteiger partial charge in [-0.1, -0.05) is 78.3 Å². The van der Waals surface area contributed by atoms with Crippen molar-refractivity contribution in [3.63, 3.8) is 0 Å². The summed E-state index contributed by atoms with van der Waals surface area (Å²) in [5, 5.41) is 0.700. The van der Waals surface area contributed by atoms with Crippen molar-refractivity contribution in [2.75, 3.05) is 27.2 Å². The SMILES string of the molecule is C/C(=C(\c1ccc(OCCCN(C)C)cc1)c1ccc(OC(=O)Cc2ccccc2)cc1)c1ccc(Cl)cc1. The third-order valence-corrected chi connectivity index (χ3v) is 6.63. The maximum Gasteiger partial charge on any atom is 0.315 e. The zero-order chi connectivity index (χ0) is 27.6. The lowest BCUT2D eigenvalue weighted by molar-refractivity contribution is -0.133. The molecule has 4 aromatic rings. The second-order valence-corrected chi connectivity index (χ2v) is 10.1. The first-order valence-electron chi connectivity index (χ1n) is 13.1. The average molecular weight is 540 g/mol. The van der Waals surface area contributed by atoms with Crippen molar-refractivity contribution in [3.05, 3.63) is 130 Å². The molecule has 4 rings (SSSR count). The first kappa shape index (κ1) is 28.2. The smallest absolute Gasteiger partial charge is 0.315 e. The fourth-order valence-electron chi connectivity index (χ4n) is 4.35. The van der Waals surface area contributed by atoms with Crippen molar-refractivity contribution in [2.45, 2.75) is 19.8 Å². The van der Waals surface area contributed by atoms with E-state index >= 15 is 0 Å². The Balaban J connectivity index is 1.56. The van der Waals surface area contributed by atoms with Gasteiger partial charge in [0.2, 0.25) is 0 Å². The average Bonchev–Trinajstić information content (AvgIpc) is 2.94. The van der Waals surface area contributed by atoms with Gasteiger partial charge in [0, 0.05) is 11.6 Å². The third kappa shape index (κ3) is 8.31. The largest absolute Gasteiger partial charge is 0.494 e. The molecule has 0 atom stereocenters. The summed E-state index contributed by atoms with van der Waals surface area (Å²) in [6, 6.07) is 33.3. The molecule has 0 saturated heterocycles. The van der Waals surface area contributed by atoms with Crippen LogP contribution in [0.5, 0.6) is 11.5 Å². The monoisotopic (exact) mass is 539 g/mol. The lowest BCUT2D eigenvalue weighted by atomic mass is 9.90. The van der Waals surface area contributed by atoms with Crippen LogP contribution in [0, 0.1) is 0 Å². The number of hydrogen-bond donors (Lipinski definition) is 0. The molecule has 0 aliphatic heterocycles. The second kappa shape index (κ2) is 13.8. The van der Waals surface area contributed by atoms with Crippen LogP contribution in [0.25, 0.3) is 11.1 Å². The zero-order valence-electron chi connectivity index (χ0n) is 22.7. The Labute approximate surface area is 236 Å². The zero-order valence-corrected chi connectivity index (χ0v) is 23.4. The standard InChI is InChI=1S/C34H34ClNO3/c1-25(27-10-16-30(35)17-11-27)34(28-12-18-31(19-13-28)38-23-7-22-36(2)3)29-14-20-32(21-15-29)39-33(37)24-26-8-5-4-6-9-26/h4-6,8-21H,7,22-24H2,1-3H3/b34-25-. The Bertz CT molecular complexity index is 1380. The predicted octanol–water partition coefficient (Wildman–Crippen LogP) is 7.80. The first-order valence-corrected chi connectivity index (χ1v) is 13.5. The van der Waals surface area contributed by atoms with E-state index in [9.17, 15) is 4.79 Å². The molecule has 0 bridgehead atoms. The van der Waals surface area contributed by atoms with Gasteiger partial charge in [-0.15, -0.1) is 0 Å². The van der Waals surface area contributed by atoms with Crippen LogP contribution in [0.15, 0.2) is 103 Å². The predicted molar refractivity (Wildman–Crippen MR) is 160 cm³/mol. The molecule has 0 heterocycles. The van der Waals surface area contributed by atoms with Gasteiger partial charge in [0.15, 0.2) is 0 Å². The Kier molecular flexibility index (Phi) is 9.96. The number of rotatable bonds is 11. The van der Waals surface area contributed by atoms with Gasteiger partial charge in [-0.3, -0.25) is 4.79 Å². The van der Waals surface area contributed by atoms with Crippen molar-refractivity contribution in [1.82, 2.24) is 4.90 Å². The fraction of sp³-hybridized carbons (Fsp3) is 0.206. The number of esters is 1. The van der Waals surface area contributed by atoms with Crippen molar-refractivity contribution in [1.29, 1.82) is 0 Å². The van der Waals surface area contributed by atoms with Gasteiger partial charge in [0.05, 0.1) is 13.0 Å². The van der Waals surface area contributed by atoms with Crippen molar-refractivity contribution < 1.29 is 14.3 Å². The summed E-state index contributed by atoms with van der Waals surface area (Å²) < 4.78 is 11.5. The van der Waals surface area contributed by atoms with Crippen LogP contribution in [-0.4, -0.2) is 38.1 Å². The molecule has 0 fully saturated rings. The van der Waals surface area contributed by atoms with Crippen molar-refractivity contribution in [2.24, 2.45) is 0 Å². The minimum atomic E-state index is -0.289. The van der Waals surface area contributed by atoms with Crippen LogP contribution in [0.1, 0.15) is 35.6 Å². The molecule has 0 aliphatic rings. The van der Waals surface area contributed by atoms with E-state index in [4.69, 9.17) is 21.1 Å². The number of halogens is 1. The fourth-order valence-corrected chi connectivity index (χ4v) is 4.48. The number of ether oxygens (including phenoxy) is 2. The number of carbonyl (C=O) groups excluding carboxylic acids is 1. The molecule has 4 aromatic carbocycles. The molecule has 200 valence electrons. The Morgan fingerprint density at radius 2 is 1.31 bits per heavy atom. The highest BCUT2D eigenvalue weighted by Gasteiger charge is 2.13. The van der Waals surface area contributed by atoms with E-state index in [1.54, 1.807) is 0 Å². The van der Waals surface area contributed by atoms with Gasteiger partial charge < -0.3 is 14.4 Å². The lowest BCUT2D eigenvalue weighted by Gasteiger charge is -2.16. The normalized spacial score (nSPS) is 11.7. The highest BCUT2D eigenvalue weighted by molar-refractivity contribution is 6.30. The Hall–Kier alpha value is -3.86. The van der Waals surface area contributed by atoms with Crippen LogP contribution in [-0.2, 0) is 11.2 Å². The van der Waals surface area contributed by atoms with Gasteiger partial charge in [0.1, 0.15) is 11.5 Å². The van der Waals surface area contributed by atoms with Gasteiger partial charge >= 0.3 is 5.97 Å². The van der Waals surface area contributed by atoms with E-state index in [-0.39, 0.29) is 12.4 Å². The molecule has 0 N–H and O–H groups in total. The van der Waals surface area contributed by atoms with E-state index in [0.717, 1.165) is 52.1 Å². The number of carbonyl (C=O) groups is 1. The third-order valence-electron chi connectivity index (χ3n) is 6.38. The topological polar surface area (TPSA) is 38.8 Å². The molecule has 5 heteroatoms. The molecule has 0 unspecified atom stereocenters. The van der Waals surface area contributed by atoms with Crippen LogP contribution in [0.4, 0.5) is 0 Å². The quantitative estimate of drug-likeness (QED) is 0.0843. The number of allylic oxidation sites excluding steroid dienone is 1. The molecule has 4 nitrogen and oxygen atoms in total. The van der Waals surface area contributed by atoms with E-state index in [2.05, 4.69) is 38.1 Å². The van der Waals surface area contributed by atoms with Crippen LogP contribution in [0.2, 0.25) is 5.02 Å². The summed E-state index contributed by atoms with van der Waals surface area (Å²) in [5.41, 5.74) is 6.28. The number of hydrogen-bond acceptors (Lipinski definition) is 4. The van der Waals surface area contributed by atoms with Gasteiger partial charge in [-0.25, -0.2) is 0 Å². The highest BCUT2D eigenvalue weighted by Crippen LogP contribution is 2.34. The minimum absolute atomic E-state index is 0.229. The summed E-state index contributed by atoms with van der Waals surface area (Å²) in [4.78, 5) is 14.6. The minimum Gasteiger partial charge on any atom is -0.494 e. The maximum absolute atomic E-state index is 12.4. The second-order valence-electron chi connectivity index (χ2n) is 9.70.